The summed E-state index contributed by atoms with van der Waals surface area (Å²) >= 11 is 7.00. The molecule has 0 bridgehead atoms. The molecule has 0 amide bonds. The van der Waals surface area contributed by atoms with Gasteiger partial charge in [-0.05, 0) is 30.7 Å². The maximum Gasteiger partial charge on any atom is 0.0716 e. The van der Waals surface area contributed by atoms with Gasteiger partial charge in [0.1, 0.15) is 0 Å². The van der Waals surface area contributed by atoms with Crippen molar-refractivity contribution in [1.29, 1.82) is 0 Å². The molecule has 0 aliphatic heterocycles. The van der Waals surface area contributed by atoms with Crippen molar-refractivity contribution in [3.63, 3.8) is 0 Å². The molecule has 1 aromatic carbocycles. The summed E-state index contributed by atoms with van der Waals surface area (Å²) in [7, 11) is 0. The number of benzene rings is 1. The molecule has 0 atom stereocenters. The van der Waals surface area contributed by atoms with Crippen molar-refractivity contribution >= 4 is 42.8 Å². The number of aromatic nitrogens is 1. The molecule has 0 unspecified atom stereocenters. The Morgan fingerprint density at radius 2 is 1.92 bits per heavy atom. The first-order valence-corrected chi connectivity index (χ1v) is 5.47. The summed E-state index contributed by atoms with van der Waals surface area (Å²) in [6.45, 7) is 2.06. The second kappa shape index (κ2) is 3.39. The first-order valence-electron chi connectivity index (χ1n) is 3.89. The Bertz CT molecular complexity index is 466. The molecule has 0 saturated heterocycles. The molecule has 66 valence electrons. The summed E-state index contributed by atoms with van der Waals surface area (Å²) in [5.41, 5.74) is 2.23. The molecule has 1 aromatic heterocycles. The summed E-state index contributed by atoms with van der Waals surface area (Å²) in [4.78, 5) is 4.29. The lowest BCUT2D eigenvalue weighted by molar-refractivity contribution is 1.37. The molecule has 2 aromatic rings. The second-order valence-corrected chi connectivity index (χ2v) is 4.62. The van der Waals surface area contributed by atoms with E-state index >= 15 is 0 Å². The Hall–Kier alpha value is -0.410. The summed E-state index contributed by atoms with van der Waals surface area (Å²) in [5, 5.41) is 1.14. The largest absolute Gasteiger partial charge is 0.256 e. The van der Waals surface area contributed by atoms with Crippen LogP contribution in [0.1, 0.15) is 5.56 Å². The van der Waals surface area contributed by atoms with Gasteiger partial charge >= 0.3 is 0 Å². The van der Waals surface area contributed by atoms with E-state index in [0.29, 0.717) is 0 Å². The third-order valence-corrected chi connectivity index (χ3v) is 3.51. The zero-order valence-electron chi connectivity index (χ0n) is 7.01. The van der Waals surface area contributed by atoms with E-state index in [1.54, 1.807) is 6.20 Å². The van der Waals surface area contributed by atoms with E-state index in [2.05, 4.69) is 55.9 Å². The van der Waals surface area contributed by atoms with Gasteiger partial charge in [0.15, 0.2) is 0 Å². The maximum atomic E-state index is 4.29. The number of hydrogen-bond donors (Lipinski definition) is 0. The zero-order chi connectivity index (χ0) is 9.42. The van der Waals surface area contributed by atoms with Crippen LogP contribution in [0.3, 0.4) is 0 Å². The second-order valence-electron chi connectivity index (χ2n) is 2.91. The number of nitrogens with zero attached hydrogens (tertiary/aromatic N) is 1. The van der Waals surface area contributed by atoms with Gasteiger partial charge in [0.2, 0.25) is 0 Å². The highest BCUT2D eigenvalue weighted by molar-refractivity contribution is 9.11. The van der Waals surface area contributed by atoms with Gasteiger partial charge in [0.25, 0.3) is 0 Å². The fourth-order valence-electron chi connectivity index (χ4n) is 1.24. The molecule has 1 heterocycles. The maximum absolute atomic E-state index is 4.29. The van der Waals surface area contributed by atoms with Gasteiger partial charge in [-0.15, -0.1) is 0 Å². The van der Waals surface area contributed by atoms with Crippen LogP contribution >= 0.6 is 31.9 Å². The van der Waals surface area contributed by atoms with Crippen LogP contribution in [0.25, 0.3) is 10.9 Å². The SMILES string of the molecule is Cc1cc2nccc(Br)c2cc1Br. The molecule has 3 heteroatoms. The van der Waals surface area contributed by atoms with Crippen molar-refractivity contribution in [1.82, 2.24) is 4.98 Å². The lowest BCUT2D eigenvalue weighted by Gasteiger charge is -2.02. The number of aryl methyl sites for hydroxylation is 1. The Balaban J connectivity index is 2.89. The van der Waals surface area contributed by atoms with Crippen LogP contribution < -0.4 is 0 Å². The molecule has 13 heavy (non-hydrogen) atoms. The van der Waals surface area contributed by atoms with Gasteiger partial charge < -0.3 is 0 Å². The Morgan fingerprint density at radius 3 is 2.69 bits per heavy atom. The molecule has 0 N–H and O–H groups in total. The minimum absolute atomic E-state index is 1.02. The van der Waals surface area contributed by atoms with Gasteiger partial charge in [0, 0.05) is 20.5 Å². The van der Waals surface area contributed by atoms with E-state index in [9.17, 15) is 0 Å². The first kappa shape index (κ1) is 9.16. The van der Waals surface area contributed by atoms with Crippen molar-refractivity contribution in [3.8, 4) is 0 Å². The number of hydrogen-bond acceptors (Lipinski definition) is 1. The average molecular weight is 301 g/mol. The average Bonchev–Trinajstić information content (AvgIpc) is 2.09. The predicted molar refractivity (Wildman–Crippen MR) is 61.9 cm³/mol. The van der Waals surface area contributed by atoms with Crippen LogP contribution in [0, 0.1) is 6.92 Å². The van der Waals surface area contributed by atoms with Gasteiger partial charge in [-0.25, -0.2) is 0 Å². The first-order chi connectivity index (χ1) is 6.18. The topological polar surface area (TPSA) is 12.9 Å². The molecule has 0 aliphatic rings. The van der Waals surface area contributed by atoms with Crippen molar-refractivity contribution in [2.24, 2.45) is 0 Å². The van der Waals surface area contributed by atoms with Crippen LogP contribution in [0.5, 0.6) is 0 Å². The highest BCUT2D eigenvalue weighted by Crippen LogP contribution is 2.27. The number of fused-ring (bicyclic) bond motifs is 1. The predicted octanol–water partition coefficient (Wildman–Crippen LogP) is 4.07. The fraction of sp³-hybridized carbons (Fsp3) is 0.100. The molecule has 1 nitrogen and oxygen atoms in total. The Kier molecular flexibility index (Phi) is 2.39. The fourth-order valence-corrected chi connectivity index (χ4v) is 2.02. The molecule has 0 spiro atoms. The monoisotopic (exact) mass is 299 g/mol. The van der Waals surface area contributed by atoms with Crippen LogP contribution in [0.4, 0.5) is 0 Å². The standard InChI is InChI=1S/C10H7Br2N/c1-6-4-10-7(5-9(6)12)8(11)2-3-13-10/h2-5H,1H3. The number of rotatable bonds is 0. The molecular weight excluding hydrogens is 294 g/mol. The van der Waals surface area contributed by atoms with E-state index in [-0.39, 0.29) is 0 Å². The van der Waals surface area contributed by atoms with Crippen LogP contribution in [0.15, 0.2) is 33.3 Å². The molecule has 0 aliphatic carbocycles. The van der Waals surface area contributed by atoms with Crippen molar-refractivity contribution in [3.05, 3.63) is 38.9 Å². The van der Waals surface area contributed by atoms with Crippen LogP contribution in [0.2, 0.25) is 0 Å². The van der Waals surface area contributed by atoms with Gasteiger partial charge in [-0.1, -0.05) is 31.9 Å². The van der Waals surface area contributed by atoms with Crippen molar-refractivity contribution < 1.29 is 0 Å². The Labute approximate surface area is 93.4 Å². The van der Waals surface area contributed by atoms with E-state index in [4.69, 9.17) is 0 Å². The number of halogens is 2. The minimum Gasteiger partial charge on any atom is -0.256 e. The smallest absolute Gasteiger partial charge is 0.0716 e. The molecule has 0 saturated carbocycles. The van der Waals surface area contributed by atoms with Gasteiger partial charge in [-0.3, -0.25) is 4.98 Å². The Morgan fingerprint density at radius 1 is 1.15 bits per heavy atom. The van der Waals surface area contributed by atoms with Crippen LogP contribution in [-0.2, 0) is 0 Å². The quantitative estimate of drug-likeness (QED) is 0.715. The molecule has 0 radical (unpaired) electrons. The summed E-state index contributed by atoms with van der Waals surface area (Å²) < 4.78 is 2.20. The summed E-state index contributed by atoms with van der Waals surface area (Å²) in [5.74, 6) is 0. The van der Waals surface area contributed by atoms with Crippen LogP contribution in [-0.4, -0.2) is 4.98 Å². The summed E-state index contributed by atoms with van der Waals surface area (Å²) in [6.07, 6.45) is 1.81. The summed E-state index contributed by atoms with van der Waals surface area (Å²) in [6, 6.07) is 6.11. The lowest BCUT2D eigenvalue weighted by atomic mass is 10.1. The minimum atomic E-state index is 1.02. The van der Waals surface area contributed by atoms with E-state index < -0.39 is 0 Å². The normalized spacial score (nSPS) is 10.7. The molecule has 2 rings (SSSR count). The van der Waals surface area contributed by atoms with Crippen molar-refractivity contribution in [2.45, 2.75) is 6.92 Å². The van der Waals surface area contributed by atoms with E-state index in [0.717, 1.165) is 19.8 Å². The third kappa shape index (κ3) is 1.63. The molecular formula is C10H7Br2N. The number of pyridine rings is 1. The van der Waals surface area contributed by atoms with E-state index in [1.807, 2.05) is 6.07 Å². The van der Waals surface area contributed by atoms with Gasteiger partial charge in [-0.2, -0.15) is 0 Å². The zero-order valence-corrected chi connectivity index (χ0v) is 10.2. The van der Waals surface area contributed by atoms with Crippen molar-refractivity contribution in [2.75, 3.05) is 0 Å². The highest BCUT2D eigenvalue weighted by atomic mass is 79.9. The lowest BCUT2D eigenvalue weighted by Crippen LogP contribution is -1.82. The van der Waals surface area contributed by atoms with Gasteiger partial charge in [0.05, 0.1) is 5.52 Å². The molecule has 0 fully saturated rings. The highest BCUT2D eigenvalue weighted by Gasteiger charge is 2.02. The van der Waals surface area contributed by atoms with E-state index in [1.165, 1.54) is 5.56 Å². The third-order valence-electron chi connectivity index (χ3n) is 1.97.